The van der Waals surface area contributed by atoms with E-state index < -0.39 is 0 Å². The van der Waals surface area contributed by atoms with Gasteiger partial charge in [0.1, 0.15) is 5.69 Å². The van der Waals surface area contributed by atoms with E-state index in [-0.39, 0.29) is 10.6 Å². The third-order valence-electron chi connectivity index (χ3n) is 2.45. The molecule has 92 valence electrons. The van der Waals surface area contributed by atoms with E-state index in [1.54, 1.807) is 12.1 Å². The fourth-order valence-corrected chi connectivity index (χ4v) is 2.11. The van der Waals surface area contributed by atoms with Crippen LogP contribution in [0.25, 0.3) is 0 Å². The molecule has 0 atom stereocenters. The second kappa shape index (κ2) is 5.34. The average Bonchev–Trinajstić information content (AvgIpc) is 2.31. The topological polar surface area (TPSA) is 55.2 Å². The summed E-state index contributed by atoms with van der Waals surface area (Å²) in [6.45, 7) is 1.98. The minimum atomic E-state index is -0.375. The van der Waals surface area contributed by atoms with Crippen LogP contribution < -0.4 is 5.32 Å². The van der Waals surface area contributed by atoms with Gasteiger partial charge >= 0.3 is 0 Å². The standard InChI is InChI=1S/C13H11IN2O2/c1-9-3-2-4-11(7-9)15-12-6-5-10(14)8-13(12)16(17)18/h2-8,15H,1H3. The Morgan fingerprint density at radius 2 is 2.00 bits per heavy atom. The minimum absolute atomic E-state index is 0.0865. The van der Waals surface area contributed by atoms with E-state index in [2.05, 4.69) is 27.9 Å². The summed E-state index contributed by atoms with van der Waals surface area (Å²) in [7, 11) is 0. The summed E-state index contributed by atoms with van der Waals surface area (Å²) in [5, 5.41) is 14.1. The van der Waals surface area contributed by atoms with Crippen molar-refractivity contribution in [1.29, 1.82) is 0 Å². The van der Waals surface area contributed by atoms with Crippen molar-refractivity contribution in [3.8, 4) is 0 Å². The Hall–Kier alpha value is -1.63. The summed E-state index contributed by atoms with van der Waals surface area (Å²) in [6, 6.07) is 12.8. The van der Waals surface area contributed by atoms with Crippen LogP contribution in [-0.2, 0) is 0 Å². The lowest BCUT2D eigenvalue weighted by atomic mass is 10.2. The molecule has 4 nitrogen and oxygen atoms in total. The molecule has 0 unspecified atom stereocenters. The van der Waals surface area contributed by atoms with Crippen molar-refractivity contribution < 1.29 is 4.92 Å². The molecular weight excluding hydrogens is 343 g/mol. The van der Waals surface area contributed by atoms with Crippen LogP contribution in [0, 0.1) is 20.6 Å². The van der Waals surface area contributed by atoms with Gasteiger partial charge in [0.05, 0.1) is 4.92 Å². The maximum absolute atomic E-state index is 11.0. The smallest absolute Gasteiger partial charge is 0.293 e. The highest BCUT2D eigenvalue weighted by Crippen LogP contribution is 2.29. The van der Waals surface area contributed by atoms with Crippen LogP contribution in [0.5, 0.6) is 0 Å². The van der Waals surface area contributed by atoms with Gasteiger partial charge in [0, 0.05) is 15.3 Å². The number of hydrogen-bond acceptors (Lipinski definition) is 3. The number of hydrogen-bond donors (Lipinski definition) is 1. The molecule has 0 amide bonds. The molecule has 5 heteroatoms. The van der Waals surface area contributed by atoms with Gasteiger partial charge in [-0.3, -0.25) is 10.1 Å². The molecule has 0 aliphatic carbocycles. The Morgan fingerprint density at radius 3 is 2.67 bits per heavy atom. The van der Waals surface area contributed by atoms with E-state index in [1.165, 1.54) is 0 Å². The first-order valence-corrected chi connectivity index (χ1v) is 6.42. The van der Waals surface area contributed by atoms with E-state index >= 15 is 0 Å². The highest BCUT2D eigenvalue weighted by Gasteiger charge is 2.14. The number of nitro groups is 1. The molecule has 0 spiro atoms. The Morgan fingerprint density at radius 1 is 1.22 bits per heavy atom. The summed E-state index contributed by atoms with van der Waals surface area (Å²) in [5.74, 6) is 0. The van der Waals surface area contributed by atoms with Crippen LogP contribution in [0.1, 0.15) is 5.56 Å². The van der Waals surface area contributed by atoms with Crippen molar-refractivity contribution in [3.63, 3.8) is 0 Å². The third kappa shape index (κ3) is 2.98. The van der Waals surface area contributed by atoms with Gasteiger partial charge in [-0.1, -0.05) is 12.1 Å². The molecule has 18 heavy (non-hydrogen) atoms. The van der Waals surface area contributed by atoms with Gasteiger partial charge in [0.25, 0.3) is 5.69 Å². The molecule has 0 heterocycles. The molecule has 0 saturated carbocycles. The molecule has 0 radical (unpaired) electrons. The third-order valence-corrected chi connectivity index (χ3v) is 3.12. The van der Waals surface area contributed by atoms with Gasteiger partial charge in [0.2, 0.25) is 0 Å². The predicted octanol–water partition coefficient (Wildman–Crippen LogP) is 4.25. The largest absolute Gasteiger partial charge is 0.350 e. The van der Waals surface area contributed by atoms with Crippen molar-refractivity contribution in [1.82, 2.24) is 0 Å². The van der Waals surface area contributed by atoms with Gasteiger partial charge in [0.15, 0.2) is 0 Å². The quantitative estimate of drug-likeness (QED) is 0.509. The van der Waals surface area contributed by atoms with Crippen molar-refractivity contribution in [2.24, 2.45) is 0 Å². The Balaban J connectivity index is 2.37. The van der Waals surface area contributed by atoms with Crippen LogP contribution in [0.4, 0.5) is 17.1 Å². The lowest BCUT2D eigenvalue weighted by molar-refractivity contribution is -0.384. The van der Waals surface area contributed by atoms with Gasteiger partial charge < -0.3 is 5.32 Å². The van der Waals surface area contributed by atoms with Crippen molar-refractivity contribution in [2.75, 3.05) is 5.32 Å². The molecule has 0 saturated heterocycles. The molecule has 1 N–H and O–H groups in total. The van der Waals surface area contributed by atoms with Crippen LogP contribution in [0.3, 0.4) is 0 Å². The van der Waals surface area contributed by atoms with E-state index in [1.807, 2.05) is 37.3 Å². The van der Waals surface area contributed by atoms with Gasteiger partial charge in [-0.2, -0.15) is 0 Å². The minimum Gasteiger partial charge on any atom is -0.350 e. The average molecular weight is 354 g/mol. The number of anilines is 2. The molecule has 0 aliphatic rings. The molecule has 0 aromatic heterocycles. The van der Waals surface area contributed by atoms with Crippen molar-refractivity contribution >= 4 is 39.7 Å². The Bertz CT molecular complexity index is 599. The van der Waals surface area contributed by atoms with E-state index in [0.717, 1.165) is 14.8 Å². The lowest BCUT2D eigenvalue weighted by Gasteiger charge is -2.08. The molecule has 2 aromatic carbocycles. The van der Waals surface area contributed by atoms with Crippen LogP contribution >= 0.6 is 22.6 Å². The summed E-state index contributed by atoms with van der Waals surface area (Å²) in [5.41, 5.74) is 2.54. The number of halogens is 1. The first kappa shape index (κ1) is 12.8. The number of nitro benzene ring substituents is 1. The predicted molar refractivity (Wildman–Crippen MR) is 80.3 cm³/mol. The number of benzene rings is 2. The zero-order valence-electron chi connectivity index (χ0n) is 9.68. The number of nitrogens with zero attached hydrogens (tertiary/aromatic N) is 1. The van der Waals surface area contributed by atoms with Gasteiger partial charge in [-0.05, 0) is 59.3 Å². The van der Waals surface area contributed by atoms with Crippen LogP contribution in [0.2, 0.25) is 0 Å². The summed E-state index contributed by atoms with van der Waals surface area (Å²) < 4.78 is 0.842. The van der Waals surface area contributed by atoms with E-state index in [4.69, 9.17) is 0 Å². The normalized spacial score (nSPS) is 10.1. The highest BCUT2D eigenvalue weighted by atomic mass is 127. The molecule has 0 bridgehead atoms. The monoisotopic (exact) mass is 354 g/mol. The molecule has 0 fully saturated rings. The summed E-state index contributed by atoms with van der Waals surface area (Å²) in [6.07, 6.45) is 0. The fraction of sp³-hybridized carbons (Fsp3) is 0.0769. The first-order chi connectivity index (χ1) is 8.56. The molecule has 2 rings (SSSR count). The Kier molecular flexibility index (Phi) is 3.81. The number of aryl methyl sites for hydroxylation is 1. The summed E-state index contributed by atoms with van der Waals surface area (Å²) >= 11 is 2.06. The summed E-state index contributed by atoms with van der Waals surface area (Å²) in [4.78, 5) is 10.6. The SMILES string of the molecule is Cc1cccc(Nc2ccc(I)cc2[N+](=O)[O-])c1. The molecule has 2 aromatic rings. The Labute approximate surface area is 118 Å². The maximum Gasteiger partial charge on any atom is 0.293 e. The fourth-order valence-electron chi connectivity index (χ4n) is 1.64. The van der Waals surface area contributed by atoms with E-state index in [0.29, 0.717) is 5.69 Å². The van der Waals surface area contributed by atoms with Crippen molar-refractivity contribution in [2.45, 2.75) is 6.92 Å². The molecular formula is C13H11IN2O2. The van der Waals surface area contributed by atoms with Crippen LogP contribution in [0.15, 0.2) is 42.5 Å². The lowest BCUT2D eigenvalue weighted by Crippen LogP contribution is -1.97. The highest BCUT2D eigenvalue weighted by molar-refractivity contribution is 14.1. The van der Waals surface area contributed by atoms with Crippen molar-refractivity contribution in [3.05, 3.63) is 61.7 Å². The van der Waals surface area contributed by atoms with Gasteiger partial charge in [-0.15, -0.1) is 0 Å². The zero-order valence-corrected chi connectivity index (χ0v) is 11.8. The first-order valence-electron chi connectivity index (χ1n) is 5.34. The zero-order chi connectivity index (χ0) is 13.1. The van der Waals surface area contributed by atoms with E-state index in [9.17, 15) is 10.1 Å². The van der Waals surface area contributed by atoms with Crippen LogP contribution in [-0.4, -0.2) is 4.92 Å². The number of nitrogens with one attached hydrogen (secondary N) is 1. The maximum atomic E-state index is 11.0. The molecule has 0 aliphatic heterocycles. The van der Waals surface area contributed by atoms with Gasteiger partial charge in [-0.25, -0.2) is 0 Å². The second-order valence-corrected chi connectivity index (χ2v) is 5.16. The second-order valence-electron chi connectivity index (χ2n) is 3.91. The number of rotatable bonds is 3.